The highest BCUT2D eigenvalue weighted by Crippen LogP contribution is 2.29. The van der Waals surface area contributed by atoms with E-state index in [1.165, 1.54) is 0 Å². The second kappa shape index (κ2) is 6.48. The minimum atomic E-state index is -0.257. The van der Waals surface area contributed by atoms with Crippen molar-refractivity contribution in [1.29, 1.82) is 0 Å². The summed E-state index contributed by atoms with van der Waals surface area (Å²) in [4.78, 5) is 15.1. The molecule has 1 heterocycles. The number of hydrogen-bond donors (Lipinski definition) is 3. The number of carbonyl (C=O) groups excluding carboxylic acids is 1. The number of halogens is 2. The summed E-state index contributed by atoms with van der Waals surface area (Å²) in [5.41, 5.74) is 1.10. The van der Waals surface area contributed by atoms with Gasteiger partial charge in [-0.3, -0.25) is 4.79 Å². The van der Waals surface area contributed by atoms with Crippen LogP contribution in [-0.4, -0.2) is 29.1 Å². The van der Waals surface area contributed by atoms with Crippen LogP contribution >= 0.6 is 23.2 Å². The highest BCUT2D eigenvalue weighted by Gasteiger charge is 2.17. The van der Waals surface area contributed by atoms with E-state index in [9.17, 15) is 4.79 Å². The van der Waals surface area contributed by atoms with Gasteiger partial charge in [0.15, 0.2) is 0 Å². The Hall–Kier alpha value is -1.23. The van der Waals surface area contributed by atoms with E-state index < -0.39 is 0 Å². The molecule has 1 aromatic heterocycles. The first-order valence-electron chi connectivity index (χ1n) is 6.38. The van der Waals surface area contributed by atoms with Crippen molar-refractivity contribution in [2.24, 2.45) is 5.92 Å². The molecule has 0 spiro atoms. The molecule has 0 saturated heterocycles. The fourth-order valence-electron chi connectivity index (χ4n) is 1.97. The van der Waals surface area contributed by atoms with Gasteiger partial charge >= 0.3 is 0 Å². The predicted molar refractivity (Wildman–Crippen MR) is 81.5 cm³/mol. The van der Waals surface area contributed by atoms with Crippen molar-refractivity contribution >= 4 is 40.0 Å². The highest BCUT2D eigenvalue weighted by atomic mass is 35.5. The largest absolute Gasteiger partial charge is 0.396 e. The number of nitrogens with one attached hydrogen (secondary N) is 2. The number of H-pyrrole nitrogens is 1. The summed E-state index contributed by atoms with van der Waals surface area (Å²) in [6.45, 7) is 2.57. The standard InChI is InChI=1S/C14H16Cl2N2O2/c1-8(4-5-19)7-17-14(20)13-12(16)10-6-9(15)2-3-11(10)18-13/h2-3,6,8,18-19H,4-5,7H2,1H3,(H,17,20). The minimum Gasteiger partial charge on any atom is -0.396 e. The van der Waals surface area contributed by atoms with Gasteiger partial charge in [-0.2, -0.15) is 0 Å². The number of amides is 1. The van der Waals surface area contributed by atoms with Gasteiger partial charge in [-0.05, 0) is 30.5 Å². The first kappa shape index (κ1) is 15.2. The van der Waals surface area contributed by atoms with Gasteiger partial charge in [-0.1, -0.05) is 30.1 Å². The van der Waals surface area contributed by atoms with E-state index in [-0.39, 0.29) is 18.4 Å². The molecule has 0 aliphatic rings. The second-order valence-corrected chi connectivity index (χ2v) is 5.65. The molecule has 0 saturated carbocycles. The lowest BCUT2D eigenvalue weighted by atomic mass is 10.1. The lowest BCUT2D eigenvalue weighted by molar-refractivity contribution is 0.0941. The minimum absolute atomic E-state index is 0.114. The van der Waals surface area contributed by atoms with E-state index >= 15 is 0 Å². The fourth-order valence-corrected chi connectivity index (χ4v) is 2.43. The average molecular weight is 315 g/mol. The number of aromatic amines is 1. The lowest BCUT2D eigenvalue weighted by Gasteiger charge is -2.10. The van der Waals surface area contributed by atoms with Crippen LogP contribution in [0, 0.1) is 5.92 Å². The van der Waals surface area contributed by atoms with Crippen LogP contribution in [0.2, 0.25) is 10.0 Å². The number of carbonyl (C=O) groups is 1. The SMILES string of the molecule is CC(CCO)CNC(=O)c1[nH]c2ccc(Cl)cc2c1Cl. The summed E-state index contributed by atoms with van der Waals surface area (Å²) in [6.07, 6.45) is 0.649. The maximum atomic E-state index is 12.1. The molecule has 3 N–H and O–H groups in total. The quantitative estimate of drug-likeness (QED) is 0.793. The number of rotatable bonds is 5. The van der Waals surface area contributed by atoms with Gasteiger partial charge < -0.3 is 15.4 Å². The molecule has 20 heavy (non-hydrogen) atoms. The van der Waals surface area contributed by atoms with Crippen molar-refractivity contribution in [1.82, 2.24) is 10.3 Å². The number of aromatic nitrogens is 1. The molecule has 1 unspecified atom stereocenters. The van der Waals surface area contributed by atoms with E-state index in [1.54, 1.807) is 18.2 Å². The first-order valence-corrected chi connectivity index (χ1v) is 7.14. The molecular weight excluding hydrogens is 299 g/mol. The van der Waals surface area contributed by atoms with Gasteiger partial charge in [-0.15, -0.1) is 0 Å². The third-order valence-corrected chi connectivity index (χ3v) is 3.78. The predicted octanol–water partition coefficient (Wildman–Crippen LogP) is 3.22. The first-order chi connectivity index (χ1) is 9.52. The van der Waals surface area contributed by atoms with Gasteiger partial charge in [0.2, 0.25) is 0 Å². The van der Waals surface area contributed by atoms with E-state index in [1.807, 2.05) is 6.92 Å². The smallest absolute Gasteiger partial charge is 0.269 e. The summed E-state index contributed by atoms with van der Waals surface area (Å²) < 4.78 is 0. The average Bonchev–Trinajstić information content (AvgIpc) is 2.74. The topological polar surface area (TPSA) is 65.1 Å². The maximum Gasteiger partial charge on any atom is 0.269 e. The molecule has 0 aliphatic carbocycles. The Kier molecular flexibility index (Phi) is 4.91. The molecular formula is C14H16Cl2N2O2. The fraction of sp³-hybridized carbons (Fsp3) is 0.357. The van der Waals surface area contributed by atoms with Crippen LogP contribution in [0.5, 0.6) is 0 Å². The van der Waals surface area contributed by atoms with Gasteiger partial charge in [-0.25, -0.2) is 0 Å². The van der Waals surface area contributed by atoms with Crippen LogP contribution in [0.3, 0.4) is 0 Å². The number of aliphatic hydroxyl groups excluding tert-OH is 1. The summed E-state index contributed by atoms with van der Waals surface area (Å²) in [5.74, 6) is -0.0475. The van der Waals surface area contributed by atoms with Gasteiger partial charge in [0.05, 0.1) is 5.02 Å². The Morgan fingerprint density at radius 3 is 2.90 bits per heavy atom. The monoisotopic (exact) mass is 314 g/mol. The zero-order valence-electron chi connectivity index (χ0n) is 11.0. The molecule has 2 rings (SSSR count). The van der Waals surface area contributed by atoms with Crippen LogP contribution < -0.4 is 5.32 Å². The third kappa shape index (κ3) is 3.26. The normalized spacial score (nSPS) is 12.6. The Morgan fingerprint density at radius 2 is 2.20 bits per heavy atom. The van der Waals surface area contributed by atoms with E-state index in [0.717, 1.165) is 10.9 Å². The zero-order valence-corrected chi connectivity index (χ0v) is 12.6. The van der Waals surface area contributed by atoms with Crippen LogP contribution in [0.15, 0.2) is 18.2 Å². The molecule has 2 aromatic rings. The Morgan fingerprint density at radius 1 is 1.45 bits per heavy atom. The number of benzene rings is 1. The lowest BCUT2D eigenvalue weighted by Crippen LogP contribution is -2.29. The second-order valence-electron chi connectivity index (χ2n) is 4.83. The zero-order chi connectivity index (χ0) is 14.7. The van der Waals surface area contributed by atoms with Crippen LogP contribution in [0.1, 0.15) is 23.8 Å². The Balaban J connectivity index is 2.16. The number of fused-ring (bicyclic) bond motifs is 1. The van der Waals surface area contributed by atoms with Gasteiger partial charge in [0.25, 0.3) is 5.91 Å². The molecule has 0 radical (unpaired) electrons. The summed E-state index contributed by atoms with van der Waals surface area (Å²) >= 11 is 12.1. The molecule has 0 aliphatic heterocycles. The molecule has 108 valence electrons. The molecule has 1 atom stereocenters. The van der Waals surface area contributed by atoms with E-state index in [2.05, 4.69) is 10.3 Å². The van der Waals surface area contributed by atoms with E-state index in [4.69, 9.17) is 28.3 Å². The van der Waals surface area contributed by atoms with Crippen LogP contribution in [0.4, 0.5) is 0 Å². The van der Waals surface area contributed by atoms with Crippen molar-refractivity contribution < 1.29 is 9.90 Å². The summed E-state index contributed by atoms with van der Waals surface area (Å²) in [6, 6.07) is 5.25. The number of hydrogen-bond acceptors (Lipinski definition) is 2. The highest BCUT2D eigenvalue weighted by molar-refractivity contribution is 6.39. The maximum absolute atomic E-state index is 12.1. The number of aliphatic hydroxyl groups is 1. The summed E-state index contributed by atoms with van der Waals surface area (Å²) in [7, 11) is 0. The van der Waals surface area contributed by atoms with Crippen molar-refractivity contribution in [3.8, 4) is 0 Å². The van der Waals surface area contributed by atoms with Crippen molar-refractivity contribution in [2.75, 3.05) is 13.2 Å². The molecule has 4 nitrogen and oxygen atoms in total. The van der Waals surface area contributed by atoms with Crippen LogP contribution in [-0.2, 0) is 0 Å². The van der Waals surface area contributed by atoms with E-state index in [0.29, 0.717) is 28.7 Å². The Bertz CT molecular complexity index is 625. The molecule has 0 bridgehead atoms. The van der Waals surface area contributed by atoms with Crippen LogP contribution in [0.25, 0.3) is 10.9 Å². The van der Waals surface area contributed by atoms with Gasteiger partial charge in [0, 0.05) is 29.1 Å². The van der Waals surface area contributed by atoms with Gasteiger partial charge in [0.1, 0.15) is 5.69 Å². The molecule has 0 fully saturated rings. The summed E-state index contributed by atoms with van der Waals surface area (Å²) in [5, 5.41) is 13.3. The van der Waals surface area contributed by atoms with Crippen molar-refractivity contribution in [3.05, 3.63) is 33.9 Å². The molecule has 6 heteroatoms. The van der Waals surface area contributed by atoms with Crippen molar-refractivity contribution in [2.45, 2.75) is 13.3 Å². The van der Waals surface area contributed by atoms with Crippen molar-refractivity contribution in [3.63, 3.8) is 0 Å². The molecule has 1 aromatic carbocycles. The third-order valence-electron chi connectivity index (χ3n) is 3.16. The Labute approximate surface area is 127 Å². The molecule has 1 amide bonds.